The van der Waals surface area contributed by atoms with Gasteiger partial charge in [-0.2, -0.15) is 0 Å². The van der Waals surface area contributed by atoms with E-state index in [0.29, 0.717) is 23.0 Å². The van der Waals surface area contributed by atoms with Crippen LogP contribution in [0.1, 0.15) is 18.9 Å². The summed E-state index contributed by atoms with van der Waals surface area (Å²) in [5.41, 5.74) is 2.62. The summed E-state index contributed by atoms with van der Waals surface area (Å²) in [4.78, 5) is 26.5. The molecule has 3 rings (SSSR count). The number of benzene rings is 2. The van der Waals surface area contributed by atoms with Crippen LogP contribution >= 0.6 is 11.6 Å². The Hall–Kier alpha value is -2.53. The highest BCUT2D eigenvalue weighted by Gasteiger charge is 2.35. The summed E-state index contributed by atoms with van der Waals surface area (Å²) in [6.45, 7) is 2.41. The lowest BCUT2D eigenvalue weighted by atomic mass is 10.1. The van der Waals surface area contributed by atoms with Gasteiger partial charge in [0.2, 0.25) is 11.8 Å². The molecular weight excluding hydrogens is 352 g/mol. The van der Waals surface area contributed by atoms with Crippen molar-refractivity contribution in [3.8, 4) is 5.75 Å². The molecule has 1 fully saturated rings. The van der Waals surface area contributed by atoms with Crippen molar-refractivity contribution >= 4 is 34.8 Å². The predicted molar refractivity (Wildman–Crippen MR) is 103 cm³/mol. The molecule has 1 unspecified atom stereocenters. The zero-order valence-electron chi connectivity index (χ0n) is 14.8. The van der Waals surface area contributed by atoms with Crippen LogP contribution in [0.25, 0.3) is 0 Å². The summed E-state index contributed by atoms with van der Waals surface area (Å²) in [5.74, 6) is -0.0847. The molecule has 1 saturated heterocycles. The van der Waals surface area contributed by atoms with Gasteiger partial charge in [-0.05, 0) is 42.3 Å². The molecule has 2 amide bonds. The van der Waals surface area contributed by atoms with Gasteiger partial charge in [0.25, 0.3) is 0 Å². The molecule has 6 heteroatoms. The van der Waals surface area contributed by atoms with Gasteiger partial charge in [-0.3, -0.25) is 9.59 Å². The lowest BCUT2D eigenvalue weighted by Crippen LogP contribution is -2.28. The molecule has 5 nitrogen and oxygen atoms in total. The third-order valence-corrected chi connectivity index (χ3v) is 4.87. The van der Waals surface area contributed by atoms with Gasteiger partial charge in [0.05, 0.1) is 18.1 Å². The van der Waals surface area contributed by atoms with Crippen molar-refractivity contribution in [1.29, 1.82) is 0 Å². The van der Waals surface area contributed by atoms with E-state index in [1.54, 1.807) is 23.1 Å². The van der Waals surface area contributed by atoms with E-state index < -0.39 is 5.92 Å². The number of nitrogens with one attached hydrogen (secondary N) is 1. The molecule has 2 aromatic rings. The van der Waals surface area contributed by atoms with Crippen LogP contribution in [-0.4, -0.2) is 25.5 Å². The molecule has 0 saturated carbocycles. The van der Waals surface area contributed by atoms with Crippen molar-refractivity contribution in [2.45, 2.75) is 19.8 Å². The Morgan fingerprint density at radius 3 is 2.62 bits per heavy atom. The summed E-state index contributed by atoms with van der Waals surface area (Å²) in [5, 5.41) is 3.33. The normalized spacial score (nSPS) is 16.7. The predicted octanol–water partition coefficient (Wildman–Crippen LogP) is 3.90. The second-order valence-electron chi connectivity index (χ2n) is 6.26. The van der Waals surface area contributed by atoms with Crippen molar-refractivity contribution in [3.63, 3.8) is 0 Å². The first kappa shape index (κ1) is 18.3. The van der Waals surface area contributed by atoms with E-state index in [4.69, 9.17) is 16.3 Å². The molecule has 2 aromatic carbocycles. The van der Waals surface area contributed by atoms with E-state index in [2.05, 4.69) is 12.2 Å². The smallest absolute Gasteiger partial charge is 0.229 e. The summed E-state index contributed by atoms with van der Waals surface area (Å²) in [6.07, 6.45) is 1.13. The topological polar surface area (TPSA) is 58.6 Å². The number of ether oxygens (including phenoxy) is 1. The molecule has 0 bridgehead atoms. The molecule has 0 radical (unpaired) electrons. The standard InChI is InChI=1S/C20H21ClN2O3/c1-3-13-4-6-15(7-5-13)22-20(25)14-10-19(24)23(12-14)16-8-9-18(26-2)17(21)11-16/h4-9,11,14H,3,10,12H2,1-2H3,(H,22,25). The van der Waals surface area contributed by atoms with Crippen LogP contribution in [0, 0.1) is 5.92 Å². The molecule has 1 N–H and O–H groups in total. The Kier molecular flexibility index (Phi) is 5.47. The number of nitrogens with zero attached hydrogens (tertiary/aromatic N) is 1. The molecule has 0 aromatic heterocycles. The summed E-state index contributed by atoms with van der Waals surface area (Å²) in [7, 11) is 1.54. The summed E-state index contributed by atoms with van der Waals surface area (Å²) >= 11 is 6.14. The van der Waals surface area contributed by atoms with Crippen LogP contribution in [0.4, 0.5) is 11.4 Å². The zero-order valence-corrected chi connectivity index (χ0v) is 15.5. The van der Waals surface area contributed by atoms with E-state index in [-0.39, 0.29) is 18.2 Å². The highest BCUT2D eigenvalue weighted by molar-refractivity contribution is 6.32. The summed E-state index contributed by atoms with van der Waals surface area (Å²) in [6, 6.07) is 12.9. The maximum absolute atomic E-state index is 12.5. The van der Waals surface area contributed by atoms with E-state index in [9.17, 15) is 9.59 Å². The second kappa shape index (κ2) is 7.79. The van der Waals surface area contributed by atoms with E-state index in [0.717, 1.165) is 12.1 Å². The largest absolute Gasteiger partial charge is 0.495 e. The SMILES string of the molecule is CCc1ccc(NC(=O)C2CC(=O)N(c3ccc(OC)c(Cl)c3)C2)cc1. The second-order valence-corrected chi connectivity index (χ2v) is 6.67. The average Bonchev–Trinajstić information content (AvgIpc) is 3.04. The van der Waals surface area contributed by atoms with Gasteiger partial charge in [-0.25, -0.2) is 0 Å². The van der Waals surface area contributed by atoms with Crippen LogP contribution in [0.2, 0.25) is 5.02 Å². The Labute approximate surface area is 157 Å². The Bertz CT molecular complexity index is 820. The minimum absolute atomic E-state index is 0.0901. The molecule has 1 atom stereocenters. The molecule has 1 heterocycles. The minimum atomic E-state index is -0.394. The fourth-order valence-electron chi connectivity index (χ4n) is 3.02. The van der Waals surface area contributed by atoms with Gasteiger partial charge in [-0.15, -0.1) is 0 Å². The van der Waals surface area contributed by atoms with Crippen LogP contribution in [0.3, 0.4) is 0 Å². The fraction of sp³-hybridized carbons (Fsp3) is 0.300. The van der Waals surface area contributed by atoms with Crippen LogP contribution in [0.15, 0.2) is 42.5 Å². The van der Waals surface area contributed by atoms with E-state index in [1.807, 2.05) is 24.3 Å². The number of hydrogen-bond acceptors (Lipinski definition) is 3. The molecule has 26 heavy (non-hydrogen) atoms. The maximum Gasteiger partial charge on any atom is 0.229 e. The van der Waals surface area contributed by atoms with Crippen LogP contribution < -0.4 is 15.0 Å². The van der Waals surface area contributed by atoms with Gasteiger partial charge in [0.1, 0.15) is 5.75 Å². The number of aryl methyl sites for hydroxylation is 1. The molecule has 1 aliphatic rings. The molecule has 0 spiro atoms. The first-order chi connectivity index (χ1) is 12.5. The Morgan fingerprint density at radius 1 is 1.27 bits per heavy atom. The lowest BCUT2D eigenvalue weighted by Gasteiger charge is -2.18. The number of anilines is 2. The number of carbonyl (C=O) groups excluding carboxylic acids is 2. The first-order valence-electron chi connectivity index (χ1n) is 8.55. The highest BCUT2D eigenvalue weighted by atomic mass is 35.5. The van der Waals surface area contributed by atoms with Gasteiger partial charge >= 0.3 is 0 Å². The van der Waals surface area contributed by atoms with Crippen molar-refractivity contribution < 1.29 is 14.3 Å². The first-order valence-corrected chi connectivity index (χ1v) is 8.93. The van der Waals surface area contributed by atoms with E-state index >= 15 is 0 Å². The average molecular weight is 373 g/mol. The third kappa shape index (κ3) is 3.83. The number of amides is 2. The lowest BCUT2D eigenvalue weighted by molar-refractivity contribution is -0.122. The Morgan fingerprint density at radius 2 is 2.00 bits per heavy atom. The van der Waals surface area contributed by atoms with Crippen LogP contribution in [-0.2, 0) is 16.0 Å². The van der Waals surface area contributed by atoms with Gasteiger partial charge in [0, 0.05) is 24.3 Å². The fourth-order valence-corrected chi connectivity index (χ4v) is 3.28. The summed E-state index contributed by atoms with van der Waals surface area (Å²) < 4.78 is 5.13. The number of hydrogen-bond donors (Lipinski definition) is 1. The molecular formula is C20H21ClN2O3. The van der Waals surface area contributed by atoms with Crippen molar-refractivity contribution in [2.24, 2.45) is 5.92 Å². The van der Waals surface area contributed by atoms with Gasteiger partial charge < -0.3 is 15.0 Å². The molecule has 1 aliphatic heterocycles. The van der Waals surface area contributed by atoms with Crippen LogP contribution in [0.5, 0.6) is 5.75 Å². The van der Waals surface area contributed by atoms with Crippen molar-refractivity contribution in [1.82, 2.24) is 0 Å². The maximum atomic E-state index is 12.5. The van der Waals surface area contributed by atoms with E-state index in [1.165, 1.54) is 12.7 Å². The zero-order chi connectivity index (χ0) is 18.7. The number of halogens is 1. The number of methoxy groups -OCH3 is 1. The van der Waals surface area contributed by atoms with Crippen molar-refractivity contribution in [3.05, 3.63) is 53.1 Å². The monoisotopic (exact) mass is 372 g/mol. The van der Waals surface area contributed by atoms with Gasteiger partial charge in [-0.1, -0.05) is 30.7 Å². The van der Waals surface area contributed by atoms with Gasteiger partial charge in [0.15, 0.2) is 0 Å². The molecule has 0 aliphatic carbocycles. The third-order valence-electron chi connectivity index (χ3n) is 4.57. The number of carbonyl (C=O) groups is 2. The number of rotatable bonds is 5. The Balaban J connectivity index is 1.68. The minimum Gasteiger partial charge on any atom is -0.495 e. The molecule has 136 valence electrons. The van der Waals surface area contributed by atoms with Crippen molar-refractivity contribution in [2.75, 3.05) is 23.9 Å². The quantitative estimate of drug-likeness (QED) is 0.865. The highest BCUT2D eigenvalue weighted by Crippen LogP contribution is 2.32.